The first kappa shape index (κ1) is 21.1. The first-order valence-corrected chi connectivity index (χ1v) is 12.6. The number of aromatic amines is 1. The maximum atomic E-state index is 12.6. The molecular weight excluding hydrogens is 446 g/mol. The molecule has 0 unspecified atom stereocenters. The van der Waals surface area contributed by atoms with Crippen LogP contribution in [0, 0.1) is 0 Å². The molecule has 3 aromatic carbocycles. The maximum absolute atomic E-state index is 12.6. The van der Waals surface area contributed by atoms with E-state index in [0.29, 0.717) is 0 Å². The van der Waals surface area contributed by atoms with Crippen molar-refractivity contribution in [1.29, 1.82) is 0 Å². The van der Waals surface area contributed by atoms with Crippen LogP contribution in [0.5, 0.6) is 0 Å². The van der Waals surface area contributed by atoms with Crippen LogP contribution in [0.3, 0.4) is 0 Å². The first-order valence-electron chi connectivity index (χ1n) is 12.6. The van der Waals surface area contributed by atoms with Crippen molar-refractivity contribution in [3.63, 3.8) is 0 Å². The van der Waals surface area contributed by atoms with E-state index in [9.17, 15) is 4.79 Å². The molecule has 1 fully saturated rings. The second kappa shape index (κ2) is 8.50. The van der Waals surface area contributed by atoms with E-state index >= 15 is 0 Å². The number of piperidine rings is 1. The Morgan fingerprint density at radius 2 is 1.53 bits per heavy atom. The molecule has 6 nitrogen and oxygen atoms in total. The van der Waals surface area contributed by atoms with E-state index in [4.69, 9.17) is 4.98 Å². The summed E-state index contributed by atoms with van der Waals surface area (Å²) in [5.41, 5.74) is 8.61. The Bertz CT molecular complexity index is 1750. The van der Waals surface area contributed by atoms with Gasteiger partial charge in [0.25, 0.3) is 0 Å². The highest BCUT2D eigenvalue weighted by Crippen LogP contribution is 2.29. The first-order chi connectivity index (χ1) is 17.7. The molecule has 0 amide bonds. The zero-order valence-electron chi connectivity index (χ0n) is 20.0. The van der Waals surface area contributed by atoms with Crippen molar-refractivity contribution in [2.24, 2.45) is 0 Å². The van der Waals surface area contributed by atoms with Crippen LogP contribution < -0.4 is 5.69 Å². The van der Waals surface area contributed by atoms with Gasteiger partial charge in [-0.1, -0.05) is 48.5 Å². The van der Waals surface area contributed by atoms with Gasteiger partial charge in [-0.2, -0.15) is 0 Å². The van der Waals surface area contributed by atoms with Crippen molar-refractivity contribution in [2.45, 2.75) is 25.4 Å². The normalized spacial score (nSPS) is 15.3. The van der Waals surface area contributed by atoms with Crippen molar-refractivity contribution < 1.29 is 0 Å². The standard InChI is InChI=1S/C30H27N5O/c36-30-32-25-7-2-4-9-27(25)35(30)23-15-18-33(19-16-23)20-21-11-13-22(14-12-21)29-28-10-5-17-34(28)26-8-3-1-6-24(26)31-29/h1-14,17,23H,15-16,18-20H2,(H,32,36). The van der Waals surface area contributed by atoms with E-state index in [2.05, 4.69) is 75.1 Å². The number of rotatable bonds is 4. The highest BCUT2D eigenvalue weighted by molar-refractivity contribution is 5.87. The fourth-order valence-electron chi connectivity index (χ4n) is 5.74. The third-order valence-electron chi connectivity index (χ3n) is 7.54. The number of H-pyrrole nitrogens is 1. The molecule has 0 bridgehead atoms. The Balaban J connectivity index is 1.08. The number of para-hydroxylation sites is 4. The number of nitrogens with zero attached hydrogens (tertiary/aromatic N) is 4. The van der Waals surface area contributed by atoms with Crippen LogP contribution in [0.1, 0.15) is 24.4 Å². The SMILES string of the molecule is O=c1[nH]c2ccccc2n1C1CCN(Cc2ccc(-c3nc4ccccc4n4cccc34)cc2)CC1. The molecule has 0 aliphatic carbocycles. The Morgan fingerprint density at radius 1 is 0.806 bits per heavy atom. The van der Waals surface area contributed by atoms with E-state index in [1.165, 1.54) is 5.56 Å². The van der Waals surface area contributed by atoms with Gasteiger partial charge in [0.15, 0.2) is 0 Å². The zero-order valence-corrected chi connectivity index (χ0v) is 20.0. The summed E-state index contributed by atoms with van der Waals surface area (Å²) in [5.74, 6) is 0. The molecule has 6 heteroatoms. The van der Waals surface area contributed by atoms with Crippen molar-refractivity contribution in [1.82, 2.24) is 23.8 Å². The Labute approximate surface area is 208 Å². The summed E-state index contributed by atoms with van der Waals surface area (Å²) in [5, 5.41) is 0. The van der Waals surface area contributed by atoms with E-state index in [1.807, 2.05) is 34.9 Å². The molecule has 0 spiro atoms. The van der Waals surface area contributed by atoms with E-state index in [-0.39, 0.29) is 11.7 Å². The molecule has 36 heavy (non-hydrogen) atoms. The minimum atomic E-state index is 0.00429. The van der Waals surface area contributed by atoms with Gasteiger partial charge < -0.3 is 9.38 Å². The summed E-state index contributed by atoms with van der Waals surface area (Å²) in [7, 11) is 0. The number of likely N-dealkylation sites (tertiary alicyclic amines) is 1. The molecular formula is C30H27N5O. The largest absolute Gasteiger partial charge is 0.326 e. The van der Waals surface area contributed by atoms with Gasteiger partial charge in [-0.15, -0.1) is 0 Å². The molecule has 0 saturated carbocycles. The van der Waals surface area contributed by atoms with Crippen molar-refractivity contribution in [2.75, 3.05) is 13.1 Å². The molecule has 6 aromatic rings. The molecule has 1 N–H and O–H groups in total. The fraction of sp³-hybridized carbons (Fsp3) is 0.200. The van der Waals surface area contributed by atoms with Gasteiger partial charge >= 0.3 is 5.69 Å². The van der Waals surface area contributed by atoms with Crippen LogP contribution in [-0.4, -0.2) is 36.9 Å². The van der Waals surface area contributed by atoms with Crippen LogP contribution in [0.15, 0.2) is 95.9 Å². The lowest BCUT2D eigenvalue weighted by atomic mass is 10.0. The number of hydrogen-bond donors (Lipinski definition) is 1. The highest BCUT2D eigenvalue weighted by Gasteiger charge is 2.23. The molecule has 178 valence electrons. The van der Waals surface area contributed by atoms with Crippen molar-refractivity contribution >= 4 is 27.6 Å². The number of imidazole rings is 1. The monoisotopic (exact) mass is 473 g/mol. The number of hydrogen-bond acceptors (Lipinski definition) is 3. The number of benzene rings is 3. The predicted octanol–water partition coefficient (Wildman–Crippen LogP) is 5.63. The van der Waals surface area contributed by atoms with Crippen molar-refractivity contribution in [3.8, 4) is 11.3 Å². The van der Waals surface area contributed by atoms with Crippen molar-refractivity contribution in [3.05, 3.63) is 107 Å². The average molecular weight is 474 g/mol. The van der Waals surface area contributed by atoms with Gasteiger partial charge in [0, 0.05) is 37.4 Å². The highest BCUT2D eigenvalue weighted by atomic mass is 16.1. The van der Waals surface area contributed by atoms with Gasteiger partial charge in [0.2, 0.25) is 0 Å². The van der Waals surface area contributed by atoms with Gasteiger partial charge in [-0.3, -0.25) is 9.47 Å². The molecule has 1 saturated heterocycles. The quantitative estimate of drug-likeness (QED) is 0.361. The lowest BCUT2D eigenvalue weighted by Crippen LogP contribution is -2.36. The third-order valence-corrected chi connectivity index (χ3v) is 7.54. The summed E-state index contributed by atoms with van der Waals surface area (Å²) in [6.45, 7) is 2.88. The lowest BCUT2D eigenvalue weighted by Gasteiger charge is -2.32. The zero-order chi connectivity index (χ0) is 24.1. The molecule has 0 atom stereocenters. The Kier molecular flexibility index (Phi) is 4.99. The van der Waals surface area contributed by atoms with Crippen LogP contribution in [0.4, 0.5) is 0 Å². The summed E-state index contributed by atoms with van der Waals surface area (Å²) in [6.07, 6.45) is 4.06. The minimum Gasteiger partial charge on any atom is -0.313 e. The Morgan fingerprint density at radius 3 is 2.36 bits per heavy atom. The smallest absolute Gasteiger partial charge is 0.313 e. The summed E-state index contributed by atoms with van der Waals surface area (Å²) in [4.78, 5) is 23.1. The van der Waals surface area contributed by atoms with Crippen LogP contribution in [0.25, 0.3) is 38.8 Å². The summed E-state index contributed by atoms with van der Waals surface area (Å²) >= 11 is 0. The summed E-state index contributed by atoms with van der Waals surface area (Å²) in [6, 6.07) is 29.5. The van der Waals surface area contributed by atoms with E-state index in [1.54, 1.807) is 0 Å². The van der Waals surface area contributed by atoms with Crippen LogP contribution in [-0.2, 0) is 6.54 Å². The molecule has 3 aromatic heterocycles. The second-order valence-corrected chi connectivity index (χ2v) is 9.73. The average Bonchev–Trinajstić information content (AvgIpc) is 3.54. The van der Waals surface area contributed by atoms with Crippen LogP contribution in [0.2, 0.25) is 0 Å². The van der Waals surface area contributed by atoms with E-state index in [0.717, 1.165) is 71.3 Å². The maximum Gasteiger partial charge on any atom is 0.326 e. The van der Waals surface area contributed by atoms with Crippen LogP contribution >= 0.6 is 0 Å². The molecule has 0 radical (unpaired) electrons. The fourth-order valence-corrected chi connectivity index (χ4v) is 5.74. The predicted molar refractivity (Wildman–Crippen MR) is 144 cm³/mol. The number of nitrogens with one attached hydrogen (secondary N) is 1. The number of fused-ring (bicyclic) bond motifs is 4. The van der Waals surface area contributed by atoms with Gasteiger partial charge in [-0.05, 0) is 54.8 Å². The molecule has 1 aliphatic rings. The molecule has 1 aliphatic heterocycles. The molecule has 4 heterocycles. The topological polar surface area (TPSA) is 58.3 Å². The third kappa shape index (κ3) is 3.53. The second-order valence-electron chi connectivity index (χ2n) is 9.73. The van der Waals surface area contributed by atoms with Gasteiger partial charge in [0.05, 0.1) is 33.3 Å². The van der Waals surface area contributed by atoms with Gasteiger partial charge in [-0.25, -0.2) is 9.78 Å². The molecule has 7 rings (SSSR count). The minimum absolute atomic E-state index is 0.00429. The van der Waals surface area contributed by atoms with Gasteiger partial charge in [0.1, 0.15) is 0 Å². The number of aromatic nitrogens is 4. The lowest BCUT2D eigenvalue weighted by molar-refractivity contribution is 0.180. The van der Waals surface area contributed by atoms with E-state index < -0.39 is 0 Å². The summed E-state index contributed by atoms with van der Waals surface area (Å²) < 4.78 is 4.18. The Hall–Kier alpha value is -4.16.